The average Bonchev–Trinajstić information content (AvgIpc) is 2.85. The predicted octanol–water partition coefficient (Wildman–Crippen LogP) is 1.15. The second-order valence-electron chi connectivity index (χ2n) is 3.78. The molecule has 1 aliphatic rings. The minimum absolute atomic E-state index is 0.256. The summed E-state index contributed by atoms with van der Waals surface area (Å²) in [7, 11) is -4.16. The van der Waals surface area contributed by atoms with Crippen LogP contribution in [0.15, 0.2) is 28.6 Å². The highest BCUT2D eigenvalue weighted by atomic mass is 32.3. The summed E-state index contributed by atoms with van der Waals surface area (Å²) in [6, 6.07) is 6.99. The Kier molecular flexibility index (Phi) is 4.83. The number of nitrogens with zero attached hydrogens (tertiary/aromatic N) is 1. The Morgan fingerprint density at radius 1 is 1.26 bits per heavy atom. The minimum Gasteiger partial charge on any atom is -0.379 e. The minimum atomic E-state index is -4.16. The zero-order valence-corrected chi connectivity index (χ0v) is 11.7. The van der Waals surface area contributed by atoms with Gasteiger partial charge in [-0.3, -0.25) is 4.55 Å². The molecule has 1 aliphatic heterocycles. The zero-order valence-electron chi connectivity index (χ0n) is 10.1. The van der Waals surface area contributed by atoms with Gasteiger partial charge in [0.15, 0.2) is 0 Å². The van der Waals surface area contributed by atoms with Gasteiger partial charge >= 0.3 is 10.1 Å². The van der Waals surface area contributed by atoms with Gasteiger partial charge in [-0.15, -0.1) is 11.3 Å². The highest BCUT2D eigenvalue weighted by Crippen LogP contribution is 2.24. The number of hydrogen-bond acceptors (Lipinski definition) is 6. The number of fused-ring (bicyclic) bond motifs is 1. The van der Waals surface area contributed by atoms with Gasteiger partial charge in [-0.1, -0.05) is 12.1 Å². The molecule has 6 nitrogen and oxygen atoms in total. The van der Waals surface area contributed by atoms with Crippen LogP contribution >= 0.6 is 11.3 Å². The molecule has 1 saturated heterocycles. The summed E-state index contributed by atoms with van der Waals surface area (Å²) in [5.41, 5.74) is 0.583. The van der Waals surface area contributed by atoms with Crippen LogP contribution in [0.1, 0.15) is 0 Å². The van der Waals surface area contributed by atoms with Crippen LogP contribution in [0, 0.1) is 0 Å². The first kappa shape index (κ1) is 14.4. The molecule has 0 unspecified atom stereocenters. The van der Waals surface area contributed by atoms with Gasteiger partial charge in [-0.2, -0.15) is 8.42 Å². The standard InChI is InChI=1S/C7H5NO3S2.C4H9NO/c9-13(10,11)7-8-5-3-1-2-4-6(5)12-7;1-3-6-4-2-5-1/h1-4H,(H,9,10,11);5H,1-4H2. The van der Waals surface area contributed by atoms with Gasteiger partial charge in [-0.25, -0.2) is 4.98 Å². The molecule has 0 amide bonds. The monoisotopic (exact) mass is 302 g/mol. The molecule has 0 radical (unpaired) electrons. The summed E-state index contributed by atoms with van der Waals surface area (Å²) in [5, 5.41) is 3.16. The van der Waals surface area contributed by atoms with E-state index >= 15 is 0 Å². The first-order valence-electron chi connectivity index (χ1n) is 5.69. The average molecular weight is 302 g/mol. The number of rotatable bonds is 1. The number of thiazole rings is 1. The zero-order chi connectivity index (χ0) is 13.7. The lowest BCUT2D eigenvalue weighted by molar-refractivity contribution is 0.109. The van der Waals surface area contributed by atoms with Crippen molar-refractivity contribution in [3.8, 4) is 0 Å². The van der Waals surface area contributed by atoms with Crippen LogP contribution < -0.4 is 5.32 Å². The lowest BCUT2D eigenvalue weighted by Crippen LogP contribution is -2.30. The van der Waals surface area contributed by atoms with Crippen LogP contribution in [-0.2, 0) is 14.9 Å². The van der Waals surface area contributed by atoms with Gasteiger partial charge < -0.3 is 10.1 Å². The first-order chi connectivity index (χ1) is 9.07. The predicted molar refractivity (Wildman–Crippen MR) is 73.1 cm³/mol. The Balaban J connectivity index is 0.000000186. The van der Waals surface area contributed by atoms with E-state index in [2.05, 4.69) is 10.3 Å². The van der Waals surface area contributed by atoms with E-state index in [4.69, 9.17) is 9.29 Å². The summed E-state index contributed by atoms with van der Waals surface area (Å²) in [6.45, 7) is 3.83. The smallest absolute Gasteiger partial charge is 0.322 e. The molecule has 1 aromatic heterocycles. The van der Waals surface area contributed by atoms with Gasteiger partial charge in [0, 0.05) is 13.1 Å². The molecular formula is C11H14N2O4S2. The Bertz CT molecular complexity index is 590. The number of hydrogen-bond donors (Lipinski definition) is 2. The maximum absolute atomic E-state index is 10.7. The summed E-state index contributed by atoms with van der Waals surface area (Å²) in [4.78, 5) is 3.76. The molecule has 2 N–H and O–H groups in total. The second kappa shape index (κ2) is 6.40. The van der Waals surface area contributed by atoms with Crippen LogP contribution in [-0.4, -0.2) is 44.3 Å². The summed E-state index contributed by atoms with van der Waals surface area (Å²) in [5.74, 6) is 0. The number of nitrogens with one attached hydrogen (secondary N) is 1. The maximum Gasteiger partial charge on any atom is 0.322 e. The van der Waals surface area contributed by atoms with Gasteiger partial charge in [0.25, 0.3) is 0 Å². The van der Waals surface area contributed by atoms with E-state index in [0.29, 0.717) is 5.52 Å². The third kappa shape index (κ3) is 4.22. The lowest BCUT2D eigenvalue weighted by atomic mass is 10.3. The fourth-order valence-electron chi connectivity index (χ4n) is 1.48. The molecule has 0 atom stereocenters. The maximum atomic E-state index is 10.7. The van der Waals surface area contributed by atoms with Crippen molar-refractivity contribution in [3.05, 3.63) is 24.3 Å². The van der Waals surface area contributed by atoms with Crippen molar-refractivity contribution in [2.24, 2.45) is 0 Å². The molecule has 2 heterocycles. The van der Waals surface area contributed by atoms with Crippen molar-refractivity contribution in [1.82, 2.24) is 10.3 Å². The van der Waals surface area contributed by atoms with Crippen LogP contribution in [0.25, 0.3) is 10.2 Å². The van der Waals surface area contributed by atoms with E-state index < -0.39 is 10.1 Å². The normalized spacial score (nSPS) is 15.8. The van der Waals surface area contributed by atoms with Gasteiger partial charge in [-0.05, 0) is 12.1 Å². The van der Waals surface area contributed by atoms with Crippen molar-refractivity contribution in [2.75, 3.05) is 26.3 Å². The SMILES string of the molecule is C1COCCN1.O=S(=O)(O)c1nc2ccccc2s1. The fourth-order valence-corrected chi connectivity index (χ4v) is 3.08. The Morgan fingerprint density at radius 2 is 1.95 bits per heavy atom. The molecule has 3 rings (SSSR count). The van der Waals surface area contributed by atoms with Gasteiger partial charge in [0.1, 0.15) is 0 Å². The number of morpholine rings is 1. The molecule has 1 fully saturated rings. The Hall–Kier alpha value is -1.06. The van der Waals surface area contributed by atoms with E-state index in [9.17, 15) is 8.42 Å². The first-order valence-corrected chi connectivity index (χ1v) is 7.94. The number of ether oxygens (including phenoxy) is 1. The van der Waals surface area contributed by atoms with Crippen molar-refractivity contribution < 1.29 is 17.7 Å². The third-order valence-corrected chi connectivity index (χ3v) is 4.59. The molecule has 0 spiro atoms. The largest absolute Gasteiger partial charge is 0.379 e. The van der Waals surface area contributed by atoms with Crippen LogP contribution in [0.2, 0.25) is 0 Å². The lowest BCUT2D eigenvalue weighted by Gasteiger charge is -2.10. The molecule has 104 valence electrons. The number of para-hydroxylation sites is 1. The van der Waals surface area contributed by atoms with E-state index in [1.54, 1.807) is 24.3 Å². The van der Waals surface area contributed by atoms with Crippen LogP contribution in [0.3, 0.4) is 0 Å². The quantitative estimate of drug-likeness (QED) is 0.768. The van der Waals surface area contributed by atoms with Crippen molar-refractivity contribution in [3.63, 3.8) is 0 Å². The highest BCUT2D eigenvalue weighted by Gasteiger charge is 2.15. The molecule has 1 aromatic carbocycles. The topological polar surface area (TPSA) is 88.5 Å². The van der Waals surface area contributed by atoms with Crippen molar-refractivity contribution in [2.45, 2.75) is 4.34 Å². The molecule has 19 heavy (non-hydrogen) atoms. The molecule has 0 aliphatic carbocycles. The molecule has 2 aromatic rings. The van der Waals surface area contributed by atoms with Crippen LogP contribution in [0.5, 0.6) is 0 Å². The number of benzene rings is 1. The van der Waals surface area contributed by atoms with Crippen LogP contribution in [0.4, 0.5) is 0 Å². The third-order valence-electron chi connectivity index (χ3n) is 2.34. The highest BCUT2D eigenvalue weighted by molar-refractivity contribution is 7.88. The number of aromatic nitrogens is 1. The van der Waals surface area contributed by atoms with Gasteiger partial charge in [0.2, 0.25) is 4.34 Å². The van der Waals surface area contributed by atoms with E-state index in [-0.39, 0.29) is 4.34 Å². The Morgan fingerprint density at radius 3 is 2.42 bits per heavy atom. The summed E-state index contributed by atoms with van der Waals surface area (Å²) >= 11 is 0.955. The fraction of sp³-hybridized carbons (Fsp3) is 0.364. The molecule has 0 saturated carbocycles. The summed E-state index contributed by atoms with van der Waals surface area (Å²) < 4.78 is 35.6. The Labute approximate surface area is 115 Å². The van der Waals surface area contributed by atoms with Gasteiger partial charge in [0.05, 0.1) is 23.4 Å². The van der Waals surface area contributed by atoms with E-state index in [1.807, 2.05) is 0 Å². The van der Waals surface area contributed by atoms with E-state index in [0.717, 1.165) is 42.3 Å². The van der Waals surface area contributed by atoms with Crippen molar-refractivity contribution in [1.29, 1.82) is 0 Å². The van der Waals surface area contributed by atoms with Crippen molar-refractivity contribution >= 4 is 31.7 Å². The second-order valence-corrected chi connectivity index (χ2v) is 6.41. The molecule has 8 heteroatoms. The molecule has 0 bridgehead atoms. The summed E-state index contributed by atoms with van der Waals surface area (Å²) in [6.07, 6.45) is 0. The molecular weight excluding hydrogens is 288 g/mol. The van der Waals surface area contributed by atoms with E-state index in [1.165, 1.54) is 0 Å².